The molecule has 0 saturated carbocycles. The molecule has 0 unspecified atom stereocenters. The highest BCUT2D eigenvalue weighted by Gasteiger charge is 2.36. The minimum absolute atomic E-state index is 0.159. The normalized spacial score (nSPS) is 13.5. The zero-order chi connectivity index (χ0) is 40.5. The quantitative estimate of drug-likeness (QED) is 0.151. The first kappa shape index (κ1) is 35.9. The highest BCUT2D eigenvalue weighted by molar-refractivity contribution is 7.26. The van der Waals surface area contributed by atoms with Gasteiger partial charge in [-0.25, -0.2) is 15.0 Å². The van der Waals surface area contributed by atoms with E-state index in [-0.39, 0.29) is 5.41 Å². The number of fused-ring (bicyclic) bond motifs is 9. The molecule has 0 aliphatic heterocycles. The Labute approximate surface area is 353 Å². The minimum atomic E-state index is -0.159. The van der Waals surface area contributed by atoms with Gasteiger partial charge >= 0.3 is 0 Å². The molecule has 286 valence electrons. The van der Waals surface area contributed by atoms with Crippen LogP contribution in [0.3, 0.4) is 0 Å². The molecule has 7 aromatic carbocycles. The van der Waals surface area contributed by atoms with Crippen molar-refractivity contribution < 1.29 is 0 Å². The lowest BCUT2D eigenvalue weighted by molar-refractivity contribution is 0.661. The first-order valence-electron chi connectivity index (χ1n) is 20.4. The van der Waals surface area contributed by atoms with Gasteiger partial charge in [-0.3, -0.25) is 0 Å². The van der Waals surface area contributed by atoms with Crippen molar-refractivity contribution in [3.8, 4) is 50.7 Å². The minimum Gasteiger partial charge on any atom is -0.309 e. The van der Waals surface area contributed by atoms with Gasteiger partial charge in [0.1, 0.15) is 0 Å². The molecule has 1 aliphatic carbocycles. The summed E-state index contributed by atoms with van der Waals surface area (Å²) in [5.41, 5.74) is 13.6. The summed E-state index contributed by atoms with van der Waals surface area (Å²) in [6.45, 7) is 10.7. The van der Waals surface area contributed by atoms with Gasteiger partial charge in [-0.15, -0.1) is 11.3 Å². The average Bonchev–Trinajstić information content (AvgIpc) is 3.91. The number of hydrogen-bond donors (Lipinski definition) is 0. The van der Waals surface area contributed by atoms with E-state index in [1.165, 1.54) is 64.3 Å². The van der Waals surface area contributed by atoms with Crippen LogP contribution in [-0.2, 0) is 5.41 Å². The Bertz CT molecular complexity index is 3430. The molecule has 0 atom stereocenters. The maximum absolute atomic E-state index is 5.19. The fourth-order valence-electron chi connectivity index (χ4n) is 9.33. The van der Waals surface area contributed by atoms with Gasteiger partial charge in [0.25, 0.3) is 0 Å². The zero-order valence-corrected chi connectivity index (χ0v) is 34.5. The van der Waals surface area contributed by atoms with Crippen LogP contribution in [0.5, 0.6) is 0 Å². The van der Waals surface area contributed by atoms with Crippen molar-refractivity contribution >= 4 is 58.9 Å². The molecule has 0 radical (unpaired) electrons. The van der Waals surface area contributed by atoms with E-state index in [2.05, 4.69) is 146 Å². The largest absolute Gasteiger partial charge is 0.309 e. The number of para-hydroxylation sites is 1. The maximum Gasteiger partial charge on any atom is 0.164 e. The number of benzene rings is 7. The lowest BCUT2D eigenvalue weighted by atomic mass is 9.82. The first-order valence-corrected chi connectivity index (χ1v) is 21.2. The van der Waals surface area contributed by atoms with E-state index < -0.39 is 0 Å². The molecule has 5 heteroatoms. The number of hydrogen-bond acceptors (Lipinski definition) is 4. The third kappa shape index (κ3) is 5.54. The van der Waals surface area contributed by atoms with E-state index in [1.54, 1.807) is 6.08 Å². The molecule has 3 heterocycles. The van der Waals surface area contributed by atoms with Crippen molar-refractivity contribution in [1.29, 1.82) is 0 Å². The molecule has 11 rings (SSSR count). The van der Waals surface area contributed by atoms with Crippen molar-refractivity contribution in [2.24, 2.45) is 0 Å². The lowest BCUT2D eigenvalue weighted by Crippen LogP contribution is -2.15. The molecule has 4 nitrogen and oxygen atoms in total. The van der Waals surface area contributed by atoms with Gasteiger partial charge in [-0.05, 0) is 59.5 Å². The fourth-order valence-corrected chi connectivity index (χ4v) is 10.6. The van der Waals surface area contributed by atoms with E-state index in [4.69, 9.17) is 15.0 Å². The van der Waals surface area contributed by atoms with Crippen LogP contribution in [0.25, 0.3) is 98.3 Å². The molecule has 0 bridgehead atoms. The van der Waals surface area contributed by atoms with Gasteiger partial charge in [-0.2, -0.15) is 0 Å². The Hall–Kier alpha value is -7.21. The molecule has 0 N–H and O–H groups in total. The molecule has 1 aliphatic rings. The summed E-state index contributed by atoms with van der Waals surface area (Å²) in [4.78, 5) is 15.4. The number of nitrogens with zero attached hydrogens (tertiary/aromatic N) is 4. The lowest BCUT2D eigenvalue weighted by Gasteiger charge is -2.22. The number of aromatic nitrogens is 4. The van der Waals surface area contributed by atoms with Gasteiger partial charge in [0.15, 0.2) is 17.5 Å². The van der Waals surface area contributed by atoms with Crippen LogP contribution >= 0.6 is 11.3 Å². The summed E-state index contributed by atoms with van der Waals surface area (Å²) in [5, 5.41) is 4.99. The molecule has 3 aromatic heterocycles. The Morgan fingerprint density at radius 1 is 0.583 bits per heavy atom. The summed E-state index contributed by atoms with van der Waals surface area (Å²) in [6.07, 6.45) is 7.75. The van der Waals surface area contributed by atoms with Gasteiger partial charge in [-0.1, -0.05) is 166 Å². The van der Waals surface area contributed by atoms with Gasteiger partial charge in [0.2, 0.25) is 0 Å². The van der Waals surface area contributed by atoms with Gasteiger partial charge in [0, 0.05) is 64.2 Å². The maximum atomic E-state index is 5.19. The van der Waals surface area contributed by atoms with E-state index in [0.717, 1.165) is 33.5 Å². The zero-order valence-electron chi connectivity index (χ0n) is 33.6. The second-order valence-electron chi connectivity index (χ2n) is 16.0. The number of thiophene rings is 1. The van der Waals surface area contributed by atoms with Crippen molar-refractivity contribution in [1.82, 2.24) is 19.5 Å². The van der Waals surface area contributed by atoms with Crippen LogP contribution in [-0.4, -0.2) is 19.5 Å². The van der Waals surface area contributed by atoms with Crippen molar-refractivity contribution in [3.63, 3.8) is 0 Å². The number of rotatable bonds is 7. The van der Waals surface area contributed by atoms with Crippen molar-refractivity contribution in [2.45, 2.75) is 26.2 Å². The van der Waals surface area contributed by atoms with Crippen molar-refractivity contribution in [2.75, 3.05) is 0 Å². The van der Waals surface area contributed by atoms with E-state index in [1.807, 2.05) is 66.8 Å². The monoisotopic (exact) mass is 788 g/mol. The summed E-state index contributed by atoms with van der Waals surface area (Å²) >= 11 is 1.86. The van der Waals surface area contributed by atoms with E-state index in [9.17, 15) is 0 Å². The second kappa shape index (κ2) is 14.0. The summed E-state index contributed by atoms with van der Waals surface area (Å²) in [6, 6.07) is 55.0. The molecule has 10 aromatic rings. The SMILES string of the molecule is C=C/C=C(\C=C/C)c1nc(-c2ccccc2)nc(-c2ccc(-c3cccc4c3sc3ccccc34)c(-n3c4ccccc4c4cc5c(cc43)C(C)(C)c3ccccc3-5)c2)n1. The summed E-state index contributed by atoms with van der Waals surface area (Å²) < 4.78 is 5.03. The topological polar surface area (TPSA) is 43.6 Å². The Morgan fingerprint density at radius 2 is 1.30 bits per heavy atom. The highest BCUT2D eigenvalue weighted by atomic mass is 32.1. The Morgan fingerprint density at radius 3 is 2.13 bits per heavy atom. The molecule has 0 amide bonds. The van der Waals surface area contributed by atoms with Crippen LogP contribution in [0, 0.1) is 0 Å². The van der Waals surface area contributed by atoms with Gasteiger partial charge in [0.05, 0.1) is 16.7 Å². The third-order valence-corrected chi connectivity index (χ3v) is 13.4. The molecule has 0 fully saturated rings. The summed E-state index contributed by atoms with van der Waals surface area (Å²) in [5.74, 6) is 1.81. The molecule has 60 heavy (non-hydrogen) atoms. The Balaban J connectivity index is 1.24. The van der Waals surface area contributed by atoms with E-state index >= 15 is 0 Å². The summed E-state index contributed by atoms with van der Waals surface area (Å²) in [7, 11) is 0. The third-order valence-electron chi connectivity index (χ3n) is 12.1. The Kier molecular flexibility index (Phi) is 8.36. The molecule has 0 saturated heterocycles. The van der Waals surface area contributed by atoms with Gasteiger partial charge < -0.3 is 4.57 Å². The molecular weight excluding hydrogens is 749 g/mol. The highest BCUT2D eigenvalue weighted by Crippen LogP contribution is 2.52. The predicted molar refractivity (Wildman–Crippen MR) is 254 cm³/mol. The van der Waals surface area contributed by atoms with Crippen LogP contribution in [0.1, 0.15) is 37.7 Å². The standard InChI is InChI=1S/C55H40N4S/c1-5-17-34(18-6-2)52-56-53(35-19-8-7-9-20-35)58-54(57-52)36-29-30-39(41-24-16-25-42-40-23-12-15-28-50(40)60-51(41)42)48(31-36)59-47-27-14-11-22-38(47)44-32-43-37-21-10-13-26-45(37)55(3,4)46(43)33-49(44)59/h5-33H,1H2,2-4H3/b18-6-,34-17+. The smallest absolute Gasteiger partial charge is 0.164 e. The number of allylic oxidation sites excluding steroid dienone is 5. The van der Waals surface area contributed by atoms with Crippen molar-refractivity contribution in [3.05, 3.63) is 199 Å². The van der Waals surface area contributed by atoms with E-state index in [0.29, 0.717) is 17.5 Å². The van der Waals surface area contributed by atoms with Crippen LogP contribution < -0.4 is 0 Å². The average molecular weight is 789 g/mol. The second-order valence-corrected chi connectivity index (χ2v) is 17.0. The van der Waals surface area contributed by atoms with Crippen LogP contribution in [0.4, 0.5) is 0 Å². The molecule has 0 spiro atoms. The fraction of sp³-hybridized carbons (Fsp3) is 0.0727. The predicted octanol–water partition coefficient (Wildman–Crippen LogP) is 14.8. The van der Waals surface area contributed by atoms with Crippen LogP contribution in [0.15, 0.2) is 183 Å². The first-order chi connectivity index (χ1) is 29.4. The van der Waals surface area contributed by atoms with Crippen LogP contribution in [0.2, 0.25) is 0 Å². The molecular formula is C55H40N4S.